The molecule has 1 aromatic heterocycles. The Balaban J connectivity index is 2.08. The van der Waals surface area contributed by atoms with Gasteiger partial charge in [-0.3, -0.25) is 4.21 Å². The van der Waals surface area contributed by atoms with Crippen LogP contribution in [-0.4, -0.2) is 14.4 Å². The van der Waals surface area contributed by atoms with Crippen molar-refractivity contribution in [2.45, 2.75) is 24.9 Å². The number of halogens is 1. The lowest BCUT2D eigenvalue weighted by atomic mass is 10.2. The van der Waals surface area contributed by atoms with Gasteiger partial charge in [0.25, 0.3) is 0 Å². The van der Waals surface area contributed by atoms with Crippen molar-refractivity contribution in [2.75, 3.05) is 0 Å². The van der Waals surface area contributed by atoms with Crippen molar-refractivity contribution in [3.63, 3.8) is 0 Å². The monoisotopic (exact) mass is 328 g/mol. The number of aryl methyl sites for hydroxylation is 1. The second-order valence-electron chi connectivity index (χ2n) is 3.96. The van der Waals surface area contributed by atoms with Crippen LogP contribution in [0.25, 0.3) is 0 Å². The highest BCUT2D eigenvalue weighted by Gasteiger charge is 2.19. The Kier molecular flexibility index (Phi) is 4.29. The highest BCUT2D eigenvalue weighted by Crippen LogP contribution is 2.21. The van der Waals surface area contributed by atoms with Crippen LogP contribution in [-0.2, 0) is 16.6 Å². The molecule has 4 nitrogen and oxygen atoms in total. The lowest BCUT2D eigenvalue weighted by molar-refractivity contribution is 0.467. The van der Waals surface area contributed by atoms with E-state index < -0.39 is 10.8 Å². The summed E-state index contributed by atoms with van der Waals surface area (Å²) in [6, 6.07) is 7.79. The summed E-state index contributed by atoms with van der Waals surface area (Å²) < 4.78 is 18.5. The summed E-state index contributed by atoms with van der Waals surface area (Å²) in [5, 5.41) is 7.40. The fourth-order valence-electron chi connectivity index (χ4n) is 1.50. The van der Waals surface area contributed by atoms with Crippen LogP contribution in [0.1, 0.15) is 29.5 Å². The third-order valence-electron chi connectivity index (χ3n) is 2.48. The number of benzene rings is 1. The summed E-state index contributed by atoms with van der Waals surface area (Å²) in [6.45, 7) is 3.56. The van der Waals surface area contributed by atoms with E-state index in [4.69, 9.17) is 4.42 Å². The number of nitrogens with zero attached hydrogens (tertiary/aromatic N) is 2. The van der Waals surface area contributed by atoms with Gasteiger partial charge in [-0.1, -0.05) is 28.1 Å². The molecule has 96 valence electrons. The lowest BCUT2D eigenvalue weighted by Crippen LogP contribution is -2.05. The predicted molar refractivity (Wildman–Crippen MR) is 73.4 cm³/mol. The molecule has 0 aliphatic carbocycles. The third kappa shape index (κ3) is 3.26. The molecule has 18 heavy (non-hydrogen) atoms. The van der Waals surface area contributed by atoms with Gasteiger partial charge in [0.1, 0.15) is 5.25 Å². The van der Waals surface area contributed by atoms with E-state index in [1.165, 1.54) is 0 Å². The van der Waals surface area contributed by atoms with Crippen LogP contribution in [0.5, 0.6) is 0 Å². The highest BCUT2D eigenvalue weighted by molar-refractivity contribution is 9.10. The van der Waals surface area contributed by atoms with Crippen LogP contribution in [0.15, 0.2) is 33.2 Å². The quantitative estimate of drug-likeness (QED) is 0.865. The normalized spacial score (nSPS) is 14.4. The van der Waals surface area contributed by atoms with Gasteiger partial charge < -0.3 is 4.42 Å². The maximum Gasteiger partial charge on any atom is 0.231 e. The minimum absolute atomic E-state index is 0.259. The van der Waals surface area contributed by atoms with Crippen molar-refractivity contribution in [3.05, 3.63) is 46.1 Å². The van der Waals surface area contributed by atoms with Crippen LogP contribution in [0, 0.1) is 6.92 Å². The zero-order valence-electron chi connectivity index (χ0n) is 10.1. The molecule has 2 atom stereocenters. The Hall–Kier alpha value is -1.01. The van der Waals surface area contributed by atoms with Crippen molar-refractivity contribution < 1.29 is 8.63 Å². The van der Waals surface area contributed by atoms with Crippen molar-refractivity contribution in [1.82, 2.24) is 10.2 Å². The molecule has 0 aliphatic heterocycles. The lowest BCUT2D eigenvalue weighted by Gasteiger charge is -2.07. The standard InChI is InChI=1S/C12H13BrN2O2S/c1-8(12-15-14-9(2)17-12)18(16)7-10-4-3-5-11(13)6-10/h3-6,8H,7H2,1-2H3/t8-,18+/m0/s1. The van der Waals surface area contributed by atoms with Gasteiger partial charge in [-0.25, -0.2) is 0 Å². The van der Waals surface area contributed by atoms with E-state index in [-0.39, 0.29) is 5.25 Å². The van der Waals surface area contributed by atoms with Crippen LogP contribution < -0.4 is 0 Å². The molecule has 0 bridgehead atoms. The zero-order valence-corrected chi connectivity index (χ0v) is 12.5. The molecule has 0 amide bonds. The maximum atomic E-state index is 12.2. The summed E-state index contributed by atoms with van der Waals surface area (Å²) in [6.07, 6.45) is 0. The van der Waals surface area contributed by atoms with Gasteiger partial charge in [-0.2, -0.15) is 0 Å². The molecule has 0 unspecified atom stereocenters. The van der Waals surface area contributed by atoms with E-state index in [1.807, 2.05) is 31.2 Å². The molecule has 0 aliphatic rings. The summed E-state index contributed by atoms with van der Waals surface area (Å²) >= 11 is 3.40. The Bertz CT molecular complexity index is 571. The summed E-state index contributed by atoms with van der Waals surface area (Å²) in [5.41, 5.74) is 1.02. The molecule has 1 heterocycles. The molecular formula is C12H13BrN2O2S. The largest absolute Gasteiger partial charge is 0.424 e. The van der Waals surface area contributed by atoms with E-state index in [0.29, 0.717) is 17.5 Å². The Morgan fingerprint density at radius 3 is 2.83 bits per heavy atom. The number of hydrogen-bond acceptors (Lipinski definition) is 4. The average Bonchev–Trinajstić information content (AvgIpc) is 2.75. The van der Waals surface area contributed by atoms with Gasteiger partial charge in [0.05, 0.1) is 0 Å². The number of rotatable bonds is 4. The Morgan fingerprint density at radius 2 is 2.22 bits per heavy atom. The number of hydrogen-bond donors (Lipinski definition) is 0. The third-order valence-corrected chi connectivity index (χ3v) is 4.58. The molecule has 2 aromatic rings. The molecule has 6 heteroatoms. The first kappa shape index (κ1) is 13.4. The SMILES string of the molecule is Cc1nnc([C@H](C)[S@](=O)Cc2cccc(Br)c2)o1. The summed E-state index contributed by atoms with van der Waals surface area (Å²) in [4.78, 5) is 0. The van der Waals surface area contributed by atoms with Gasteiger partial charge in [0.2, 0.25) is 11.8 Å². The molecule has 0 fully saturated rings. The van der Waals surface area contributed by atoms with Crippen molar-refractivity contribution in [3.8, 4) is 0 Å². The predicted octanol–water partition coefficient (Wildman–Crippen LogP) is 3.15. The van der Waals surface area contributed by atoms with Gasteiger partial charge in [-0.15, -0.1) is 10.2 Å². The Labute approximate surface area is 116 Å². The van der Waals surface area contributed by atoms with Crippen molar-refractivity contribution in [2.24, 2.45) is 0 Å². The van der Waals surface area contributed by atoms with E-state index in [0.717, 1.165) is 10.0 Å². The van der Waals surface area contributed by atoms with Crippen LogP contribution >= 0.6 is 15.9 Å². The van der Waals surface area contributed by atoms with E-state index >= 15 is 0 Å². The van der Waals surface area contributed by atoms with Crippen molar-refractivity contribution >= 4 is 26.7 Å². The average molecular weight is 329 g/mol. The molecular weight excluding hydrogens is 316 g/mol. The fraction of sp³-hybridized carbons (Fsp3) is 0.333. The minimum Gasteiger partial charge on any atom is -0.424 e. The molecule has 0 radical (unpaired) electrons. The molecule has 2 rings (SSSR count). The molecule has 0 saturated heterocycles. The van der Waals surface area contributed by atoms with Crippen LogP contribution in [0.4, 0.5) is 0 Å². The van der Waals surface area contributed by atoms with Gasteiger partial charge in [0, 0.05) is 27.9 Å². The molecule has 0 saturated carbocycles. The second kappa shape index (κ2) is 5.75. The maximum absolute atomic E-state index is 12.2. The fourth-order valence-corrected chi connectivity index (χ4v) is 3.03. The van der Waals surface area contributed by atoms with E-state index in [2.05, 4.69) is 26.1 Å². The second-order valence-corrected chi connectivity index (χ2v) is 6.63. The van der Waals surface area contributed by atoms with E-state index in [9.17, 15) is 4.21 Å². The van der Waals surface area contributed by atoms with Crippen LogP contribution in [0.3, 0.4) is 0 Å². The molecule has 0 N–H and O–H groups in total. The number of aromatic nitrogens is 2. The smallest absolute Gasteiger partial charge is 0.231 e. The molecule has 0 spiro atoms. The van der Waals surface area contributed by atoms with Gasteiger partial charge >= 0.3 is 0 Å². The van der Waals surface area contributed by atoms with Gasteiger partial charge in [-0.05, 0) is 24.6 Å². The zero-order chi connectivity index (χ0) is 13.1. The summed E-state index contributed by atoms with van der Waals surface area (Å²) in [7, 11) is -1.08. The minimum atomic E-state index is -1.08. The topological polar surface area (TPSA) is 56.0 Å². The first-order valence-electron chi connectivity index (χ1n) is 5.48. The Morgan fingerprint density at radius 1 is 1.44 bits per heavy atom. The highest BCUT2D eigenvalue weighted by atomic mass is 79.9. The van der Waals surface area contributed by atoms with Gasteiger partial charge in [0.15, 0.2) is 0 Å². The first-order chi connectivity index (χ1) is 8.56. The van der Waals surface area contributed by atoms with Crippen LogP contribution in [0.2, 0.25) is 0 Å². The van der Waals surface area contributed by atoms with E-state index in [1.54, 1.807) is 6.92 Å². The summed E-state index contributed by atoms with van der Waals surface area (Å²) in [5.74, 6) is 1.40. The van der Waals surface area contributed by atoms with Crippen molar-refractivity contribution in [1.29, 1.82) is 0 Å². The first-order valence-corrected chi connectivity index (χ1v) is 7.65. The molecule has 1 aromatic carbocycles.